The molecule has 0 spiro atoms. The number of carbonyl (C=O) groups is 2. The van der Waals surface area contributed by atoms with Crippen LogP contribution in [0.15, 0.2) is 24.3 Å². The van der Waals surface area contributed by atoms with Crippen LogP contribution in [0.25, 0.3) is 10.2 Å². The fourth-order valence-corrected chi connectivity index (χ4v) is 3.51. The molecule has 0 aliphatic heterocycles. The second kappa shape index (κ2) is 9.27. The number of nitrogens with zero attached hydrogens (tertiary/aromatic N) is 1. The van der Waals surface area contributed by atoms with E-state index in [4.69, 9.17) is 11.1 Å². The van der Waals surface area contributed by atoms with Crippen molar-refractivity contribution in [2.24, 2.45) is 5.73 Å². The number of thiazole rings is 1. The number of hydrogen-bond donors (Lipinski definition) is 3. The Bertz CT molecular complexity index is 723. The van der Waals surface area contributed by atoms with Crippen LogP contribution >= 0.6 is 11.3 Å². The molecule has 1 amide bonds. The van der Waals surface area contributed by atoms with Gasteiger partial charge < -0.3 is 11.1 Å². The van der Waals surface area contributed by atoms with Gasteiger partial charge in [0.25, 0.3) is 0 Å². The Kier molecular flexibility index (Phi) is 7.06. The van der Waals surface area contributed by atoms with Gasteiger partial charge >= 0.3 is 0 Å². The summed E-state index contributed by atoms with van der Waals surface area (Å²) in [5, 5.41) is 10.5. The van der Waals surface area contributed by atoms with E-state index < -0.39 is 6.04 Å². The average Bonchev–Trinajstić information content (AvgIpc) is 3.01. The highest BCUT2D eigenvalue weighted by Crippen LogP contribution is 2.23. The lowest BCUT2D eigenvalue weighted by atomic mass is 10.0. The van der Waals surface area contributed by atoms with Crippen LogP contribution in [0.4, 0.5) is 0 Å². The van der Waals surface area contributed by atoms with E-state index in [1.54, 1.807) is 0 Å². The van der Waals surface area contributed by atoms with Crippen molar-refractivity contribution < 1.29 is 9.59 Å². The van der Waals surface area contributed by atoms with Crippen molar-refractivity contribution in [2.75, 3.05) is 0 Å². The maximum absolute atomic E-state index is 12.8. The molecule has 1 aromatic carbocycles. The van der Waals surface area contributed by atoms with E-state index in [0.717, 1.165) is 23.1 Å². The van der Waals surface area contributed by atoms with Crippen molar-refractivity contribution in [2.45, 2.75) is 51.5 Å². The molecular weight excluding hydrogens is 336 g/mol. The number of nitrogens with one attached hydrogen (secondary N) is 2. The maximum atomic E-state index is 12.8. The molecule has 0 saturated heterocycles. The molecule has 2 rings (SSSR count). The Labute approximate surface area is 151 Å². The van der Waals surface area contributed by atoms with Gasteiger partial charge in [-0.3, -0.25) is 15.0 Å². The summed E-state index contributed by atoms with van der Waals surface area (Å²) in [6.45, 7) is 1.93. The zero-order chi connectivity index (χ0) is 18.2. The standard InChI is InChI=1S/C18H24N4O2S/c1-2-7-16(23)21-13(9-4-6-11-15(19)20)17(24)18-22-12-8-3-5-10-14(12)25-18/h3,5,8,10,13H,2,4,6-7,9,11H2,1H3,(H3,19,20)(H,21,23)/t13-/m0/s1. The van der Waals surface area contributed by atoms with Gasteiger partial charge in [0.05, 0.1) is 22.1 Å². The van der Waals surface area contributed by atoms with Crippen molar-refractivity contribution >= 4 is 39.1 Å². The molecular formula is C18H24N4O2S. The first-order valence-electron chi connectivity index (χ1n) is 8.53. The lowest BCUT2D eigenvalue weighted by molar-refractivity contribution is -0.121. The van der Waals surface area contributed by atoms with Crippen LogP contribution in [0.2, 0.25) is 0 Å². The number of fused-ring (bicyclic) bond motifs is 1. The smallest absolute Gasteiger partial charge is 0.220 e. The predicted octanol–water partition coefficient (Wildman–Crippen LogP) is 3.26. The normalized spacial score (nSPS) is 12.0. The second-order valence-electron chi connectivity index (χ2n) is 5.99. The van der Waals surface area contributed by atoms with Gasteiger partial charge in [0.1, 0.15) is 0 Å². The lowest BCUT2D eigenvalue weighted by Gasteiger charge is -2.16. The highest BCUT2D eigenvalue weighted by molar-refractivity contribution is 7.20. The summed E-state index contributed by atoms with van der Waals surface area (Å²) in [7, 11) is 0. The van der Waals surface area contributed by atoms with Gasteiger partial charge in [0.15, 0.2) is 5.01 Å². The van der Waals surface area contributed by atoms with Crippen molar-refractivity contribution in [3.63, 3.8) is 0 Å². The van der Waals surface area contributed by atoms with Gasteiger partial charge in [-0.2, -0.15) is 0 Å². The summed E-state index contributed by atoms with van der Waals surface area (Å²) in [6.07, 6.45) is 3.60. The van der Waals surface area contributed by atoms with Gasteiger partial charge in [-0.05, 0) is 31.4 Å². The number of para-hydroxylation sites is 1. The molecule has 1 atom stereocenters. The molecule has 25 heavy (non-hydrogen) atoms. The largest absolute Gasteiger partial charge is 0.388 e. The van der Waals surface area contributed by atoms with E-state index in [1.165, 1.54) is 11.3 Å². The first kappa shape index (κ1) is 19.1. The van der Waals surface area contributed by atoms with Crippen molar-refractivity contribution in [1.82, 2.24) is 10.3 Å². The number of ketones is 1. The number of benzene rings is 1. The van der Waals surface area contributed by atoms with Crippen LogP contribution in [-0.2, 0) is 4.79 Å². The Morgan fingerprint density at radius 2 is 2.04 bits per heavy atom. The van der Waals surface area contributed by atoms with Gasteiger partial charge in [0.2, 0.25) is 11.7 Å². The summed E-state index contributed by atoms with van der Waals surface area (Å²) in [4.78, 5) is 29.2. The van der Waals surface area contributed by atoms with E-state index >= 15 is 0 Å². The summed E-state index contributed by atoms with van der Waals surface area (Å²) in [5.74, 6) is -0.119. The Balaban J connectivity index is 2.09. The molecule has 0 fully saturated rings. The Hall–Kier alpha value is -2.28. The topological polar surface area (TPSA) is 109 Å². The van der Waals surface area contributed by atoms with Crippen LogP contribution in [0.3, 0.4) is 0 Å². The summed E-state index contributed by atoms with van der Waals surface area (Å²) in [5.41, 5.74) is 6.16. The number of aromatic nitrogens is 1. The van der Waals surface area contributed by atoms with Crippen LogP contribution in [-0.4, -0.2) is 28.6 Å². The SMILES string of the molecule is CCCC(=O)N[C@@H](CCCCC(=N)N)C(=O)c1nc2ccccc2s1. The number of hydrogen-bond acceptors (Lipinski definition) is 5. The number of amidine groups is 1. The minimum atomic E-state index is -0.577. The molecule has 0 unspecified atom stereocenters. The molecule has 1 heterocycles. The molecule has 0 bridgehead atoms. The number of nitrogens with two attached hydrogens (primary N) is 1. The van der Waals surface area contributed by atoms with Crippen molar-refractivity contribution in [1.29, 1.82) is 5.41 Å². The minimum Gasteiger partial charge on any atom is -0.388 e. The Morgan fingerprint density at radius 3 is 2.72 bits per heavy atom. The van der Waals surface area contributed by atoms with E-state index in [0.29, 0.717) is 30.7 Å². The van der Waals surface area contributed by atoms with Gasteiger partial charge in [-0.1, -0.05) is 25.5 Å². The molecule has 7 heteroatoms. The number of Topliss-reactive ketones (excluding diaryl/α,β-unsaturated/α-hetero) is 1. The first-order valence-corrected chi connectivity index (χ1v) is 9.35. The fraction of sp³-hybridized carbons (Fsp3) is 0.444. The zero-order valence-electron chi connectivity index (χ0n) is 14.4. The summed E-state index contributed by atoms with van der Waals surface area (Å²) in [6, 6.07) is 7.03. The maximum Gasteiger partial charge on any atom is 0.220 e. The minimum absolute atomic E-state index is 0.117. The van der Waals surface area contributed by atoms with Crippen LogP contribution in [0.1, 0.15) is 55.3 Å². The predicted molar refractivity (Wildman–Crippen MR) is 101 cm³/mol. The number of carbonyl (C=O) groups excluding carboxylic acids is 2. The van der Waals surface area contributed by atoms with Crippen LogP contribution < -0.4 is 11.1 Å². The average molecular weight is 360 g/mol. The fourth-order valence-electron chi connectivity index (χ4n) is 2.55. The van der Waals surface area contributed by atoms with E-state index in [9.17, 15) is 9.59 Å². The quantitative estimate of drug-likeness (QED) is 0.261. The van der Waals surface area contributed by atoms with E-state index in [2.05, 4.69) is 10.3 Å². The van der Waals surface area contributed by atoms with Crippen LogP contribution in [0.5, 0.6) is 0 Å². The molecule has 2 aromatic rings. The molecule has 0 aliphatic carbocycles. The molecule has 0 aliphatic rings. The van der Waals surface area contributed by atoms with E-state index in [-0.39, 0.29) is 17.5 Å². The Morgan fingerprint density at radius 1 is 1.28 bits per heavy atom. The third kappa shape index (κ3) is 5.63. The summed E-state index contributed by atoms with van der Waals surface area (Å²) < 4.78 is 0.959. The van der Waals surface area contributed by atoms with Gasteiger partial charge in [0, 0.05) is 12.8 Å². The van der Waals surface area contributed by atoms with Crippen molar-refractivity contribution in [3.05, 3.63) is 29.3 Å². The number of amides is 1. The third-order valence-corrected chi connectivity index (χ3v) is 4.87. The monoisotopic (exact) mass is 360 g/mol. The van der Waals surface area contributed by atoms with Crippen LogP contribution in [0, 0.1) is 5.41 Å². The third-order valence-electron chi connectivity index (χ3n) is 3.82. The lowest BCUT2D eigenvalue weighted by Crippen LogP contribution is -2.40. The highest BCUT2D eigenvalue weighted by atomic mass is 32.1. The highest BCUT2D eigenvalue weighted by Gasteiger charge is 2.24. The molecule has 4 N–H and O–H groups in total. The van der Waals surface area contributed by atoms with E-state index in [1.807, 2.05) is 31.2 Å². The second-order valence-corrected chi connectivity index (χ2v) is 7.02. The molecule has 1 aromatic heterocycles. The molecule has 6 nitrogen and oxygen atoms in total. The van der Waals surface area contributed by atoms with Crippen molar-refractivity contribution in [3.8, 4) is 0 Å². The number of rotatable bonds is 10. The molecule has 0 radical (unpaired) electrons. The molecule has 134 valence electrons. The molecule has 0 saturated carbocycles. The number of unbranched alkanes of at least 4 members (excludes halogenated alkanes) is 1. The zero-order valence-corrected chi connectivity index (χ0v) is 15.2. The van der Waals surface area contributed by atoms with Gasteiger partial charge in [-0.15, -0.1) is 11.3 Å². The van der Waals surface area contributed by atoms with Gasteiger partial charge in [-0.25, -0.2) is 4.98 Å². The first-order chi connectivity index (χ1) is 12.0. The summed E-state index contributed by atoms with van der Waals surface area (Å²) >= 11 is 1.35.